The van der Waals surface area contributed by atoms with Crippen LogP contribution in [0.5, 0.6) is 0 Å². The van der Waals surface area contributed by atoms with Crippen molar-refractivity contribution >= 4 is 5.57 Å². The molecule has 196 valence electrons. The minimum Gasteiger partial charge on any atom is -0.207 e. The van der Waals surface area contributed by atoms with Gasteiger partial charge in [0.15, 0.2) is 0 Å². The van der Waals surface area contributed by atoms with Gasteiger partial charge >= 0.3 is 0 Å². The molecule has 0 N–H and O–H groups in total. The van der Waals surface area contributed by atoms with E-state index in [2.05, 4.69) is 62.4 Å². The zero-order valence-corrected chi connectivity index (χ0v) is 23.1. The monoisotopic (exact) mass is 496 g/mol. The number of rotatable bonds is 13. The molecular weight excluding hydrogens is 451 g/mol. The molecule has 0 aromatic heterocycles. The summed E-state index contributed by atoms with van der Waals surface area (Å²) < 4.78 is 13.7. The van der Waals surface area contributed by atoms with Crippen LogP contribution in [0.15, 0.2) is 72.8 Å². The third-order valence-corrected chi connectivity index (χ3v) is 8.07. The molecule has 37 heavy (non-hydrogen) atoms. The van der Waals surface area contributed by atoms with Crippen molar-refractivity contribution < 1.29 is 4.39 Å². The van der Waals surface area contributed by atoms with Gasteiger partial charge in [-0.05, 0) is 91.0 Å². The lowest BCUT2D eigenvalue weighted by Gasteiger charge is -2.23. The van der Waals surface area contributed by atoms with E-state index in [0.29, 0.717) is 5.92 Å². The molecular formula is C36H45F. The summed E-state index contributed by atoms with van der Waals surface area (Å²) in [5.74, 6) is 0.165. The maximum absolute atomic E-state index is 13.7. The van der Waals surface area contributed by atoms with Gasteiger partial charge in [0, 0.05) is 5.92 Å². The van der Waals surface area contributed by atoms with Gasteiger partial charge in [0.1, 0.15) is 5.82 Å². The van der Waals surface area contributed by atoms with E-state index >= 15 is 0 Å². The fourth-order valence-electron chi connectivity index (χ4n) is 5.90. The number of hydrogen-bond acceptors (Lipinski definition) is 0. The summed E-state index contributed by atoms with van der Waals surface area (Å²) in [7, 11) is 0. The van der Waals surface area contributed by atoms with Crippen molar-refractivity contribution in [2.45, 2.75) is 103 Å². The van der Waals surface area contributed by atoms with Gasteiger partial charge in [-0.3, -0.25) is 0 Å². The van der Waals surface area contributed by atoms with E-state index in [1.165, 1.54) is 91.2 Å². The molecule has 0 nitrogen and oxygen atoms in total. The van der Waals surface area contributed by atoms with E-state index in [1.54, 1.807) is 12.1 Å². The number of fused-ring (bicyclic) bond motifs is 1. The first-order chi connectivity index (χ1) is 18.1. The molecule has 0 amide bonds. The summed E-state index contributed by atoms with van der Waals surface area (Å²) in [6, 6.07) is 23.4. The summed E-state index contributed by atoms with van der Waals surface area (Å²) in [5, 5.41) is 0. The highest BCUT2D eigenvalue weighted by atomic mass is 19.1. The Labute approximate surface area is 225 Å². The Kier molecular flexibility index (Phi) is 10.6. The van der Waals surface area contributed by atoms with E-state index in [9.17, 15) is 4.39 Å². The summed E-state index contributed by atoms with van der Waals surface area (Å²) in [6.45, 7) is 4.47. The molecule has 0 bridgehead atoms. The van der Waals surface area contributed by atoms with Gasteiger partial charge in [0.25, 0.3) is 0 Å². The van der Waals surface area contributed by atoms with Crippen LogP contribution in [0.1, 0.15) is 110 Å². The Balaban J connectivity index is 1.37. The molecule has 0 saturated carbocycles. The van der Waals surface area contributed by atoms with E-state index in [4.69, 9.17) is 0 Å². The van der Waals surface area contributed by atoms with Crippen LogP contribution in [0.2, 0.25) is 0 Å². The molecule has 0 heterocycles. The van der Waals surface area contributed by atoms with Crippen molar-refractivity contribution in [1.82, 2.24) is 0 Å². The second-order valence-electron chi connectivity index (χ2n) is 11.0. The average Bonchev–Trinajstić information content (AvgIpc) is 3.09. The maximum Gasteiger partial charge on any atom is 0.123 e. The van der Waals surface area contributed by atoms with Gasteiger partial charge in [-0.2, -0.15) is 0 Å². The molecule has 1 heteroatoms. The highest BCUT2D eigenvalue weighted by molar-refractivity contribution is 5.73. The average molecular weight is 497 g/mol. The van der Waals surface area contributed by atoms with Crippen molar-refractivity contribution in [3.8, 4) is 0 Å². The van der Waals surface area contributed by atoms with Gasteiger partial charge in [-0.1, -0.05) is 118 Å². The summed E-state index contributed by atoms with van der Waals surface area (Å²) >= 11 is 0. The minimum absolute atomic E-state index is 0.169. The highest BCUT2D eigenvalue weighted by Gasteiger charge is 2.23. The van der Waals surface area contributed by atoms with Gasteiger partial charge in [-0.15, -0.1) is 0 Å². The van der Waals surface area contributed by atoms with Crippen LogP contribution in [-0.2, 0) is 19.3 Å². The molecule has 1 unspecified atom stereocenters. The third-order valence-electron chi connectivity index (χ3n) is 8.07. The number of allylic oxidation sites excluding steroid dienone is 2. The van der Waals surface area contributed by atoms with Gasteiger partial charge < -0.3 is 0 Å². The molecule has 1 aliphatic carbocycles. The Morgan fingerprint density at radius 3 is 2.08 bits per heavy atom. The summed E-state index contributed by atoms with van der Waals surface area (Å²) in [6.07, 6.45) is 18.8. The lowest BCUT2D eigenvalue weighted by atomic mass is 9.81. The van der Waals surface area contributed by atoms with Crippen molar-refractivity contribution in [2.75, 3.05) is 0 Å². The normalized spacial score (nSPS) is 15.2. The Hall–Kier alpha value is -2.67. The van der Waals surface area contributed by atoms with E-state index in [1.807, 2.05) is 12.1 Å². The summed E-state index contributed by atoms with van der Waals surface area (Å²) in [4.78, 5) is 0. The van der Waals surface area contributed by atoms with E-state index in [0.717, 1.165) is 31.2 Å². The second kappa shape index (κ2) is 14.3. The molecule has 4 rings (SSSR count). The van der Waals surface area contributed by atoms with Gasteiger partial charge in [0.2, 0.25) is 0 Å². The summed E-state index contributed by atoms with van der Waals surface area (Å²) in [5.41, 5.74) is 9.64. The van der Waals surface area contributed by atoms with Crippen molar-refractivity contribution in [3.63, 3.8) is 0 Å². The topological polar surface area (TPSA) is 0 Å². The highest BCUT2D eigenvalue weighted by Crippen LogP contribution is 2.40. The Morgan fingerprint density at radius 2 is 1.38 bits per heavy atom. The predicted octanol–water partition coefficient (Wildman–Crippen LogP) is 10.6. The Bertz CT molecular complexity index is 1120. The maximum atomic E-state index is 13.7. The first-order valence-electron chi connectivity index (χ1n) is 14.8. The largest absolute Gasteiger partial charge is 0.207 e. The molecule has 3 aromatic rings. The van der Waals surface area contributed by atoms with Gasteiger partial charge in [-0.25, -0.2) is 4.39 Å². The number of unbranched alkanes of at least 4 members (excludes halogenated alkanes) is 7. The van der Waals surface area contributed by atoms with Crippen molar-refractivity contribution in [1.29, 1.82) is 0 Å². The van der Waals surface area contributed by atoms with Crippen molar-refractivity contribution in [3.05, 3.63) is 112 Å². The fraction of sp³-hybridized carbons (Fsp3) is 0.444. The zero-order chi connectivity index (χ0) is 25.9. The standard InChI is InChI=1S/C36H45F/c1-3-4-5-6-7-8-9-10-12-29-16-18-30(19-17-29)20-26-36-34(31-21-23-33(37)24-22-31)14-11-13-32-27-28(2)15-25-35(32)36/h14-19,21-25,27,36H,3-13,20,26H2,1-2H3. The van der Waals surface area contributed by atoms with Crippen LogP contribution in [0.3, 0.4) is 0 Å². The van der Waals surface area contributed by atoms with Crippen LogP contribution < -0.4 is 0 Å². The molecule has 3 aromatic carbocycles. The van der Waals surface area contributed by atoms with Crippen LogP contribution in [0.4, 0.5) is 4.39 Å². The van der Waals surface area contributed by atoms with Crippen LogP contribution in [0, 0.1) is 12.7 Å². The quantitative estimate of drug-likeness (QED) is 0.206. The minimum atomic E-state index is -0.169. The lowest BCUT2D eigenvalue weighted by molar-refractivity contribution is 0.575. The van der Waals surface area contributed by atoms with Crippen LogP contribution in [0.25, 0.3) is 5.57 Å². The van der Waals surface area contributed by atoms with E-state index < -0.39 is 0 Å². The smallest absolute Gasteiger partial charge is 0.123 e. The number of halogens is 1. The fourth-order valence-corrected chi connectivity index (χ4v) is 5.90. The first kappa shape index (κ1) is 27.4. The molecule has 1 atom stereocenters. The first-order valence-corrected chi connectivity index (χ1v) is 14.8. The molecule has 0 aliphatic heterocycles. The van der Waals surface area contributed by atoms with Crippen LogP contribution >= 0.6 is 0 Å². The molecule has 0 fully saturated rings. The number of hydrogen-bond donors (Lipinski definition) is 0. The van der Waals surface area contributed by atoms with Gasteiger partial charge in [0.05, 0.1) is 0 Å². The number of aryl methyl sites for hydroxylation is 4. The zero-order valence-electron chi connectivity index (χ0n) is 23.1. The predicted molar refractivity (Wildman–Crippen MR) is 158 cm³/mol. The molecule has 0 spiro atoms. The number of benzene rings is 3. The van der Waals surface area contributed by atoms with E-state index in [-0.39, 0.29) is 5.82 Å². The lowest BCUT2D eigenvalue weighted by Crippen LogP contribution is -2.06. The Morgan fingerprint density at radius 1 is 0.730 bits per heavy atom. The molecule has 0 radical (unpaired) electrons. The third kappa shape index (κ3) is 8.16. The second-order valence-corrected chi connectivity index (χ2v) is 11.0. The molecule has 1 aliphatic rings. The van der Waals surface area contributed by atoms with Crippen molar-refractivity contribution in [2.24, 2.45) is 0 Å². The van der Waals surface area contributed by atoms with Crippen LogP contribution in [-0.4, -0.2) is 0 Å². The molecule has 0 saturated heterocycles. The SMILES string of the molecule is CCCCCCCCCCc1ccc(CCC2C(c3ccc(F)cc3)=CCCc3cc(C)ccc32)cc1.